The smallest absolute Gasteiger partial charge is 0.283 e. The van der Waals surface area contributed by atoms with Crippen LogP contribution >= 0.6 is 0 Å². The van der Waals surface area contributed by atoms with E-state index in [-0.39, 0.29) is 17.9 Å². The number of halogens is 3. The Kier molecular flexibility index (Phi) is 3.96. The molecule has 0 aliphatic carbocycles. The highest BCUT2D eigenvalue weighted by atomic mass is 32.2. The molecule has 1 fully saturated rings. The van der Waals surface area contributed by atoms with E-state index in [2.05, 4.69) is 0 Å². The molecule has 0 unspecified atom stereocenters. The van der Waals surface area contributed by atoms with Gasteiger partial charge >= 0.3 is 6.18 Å². The van der Waals surface area contributed by atoms with Crippen LogP contribution in [-0.2, 0) is 26.0 Å². The van der Waals surface area contributed by atoms with Gasteiger partial charge in [-0.25, -0.2) is 16.8 Å². The van der Waals surface area contributed by atoms with Crippen LogP contribution in [0, 0.1) is 0 Å². The van der Waals surface area contributed by atoms with Gasteiger partial charge in [0.05, 0.1) is 22.3 Å². The van der Waals surface area contributed by atoms with Crippen LogP contribution in [0.15, 0.2) is 24.3 Å². The third-order valence-electron chi connectivity index (χ3n) is 3.08. The summed E-state index contributed by atoms with van der Waals surface area (Å²) >= 11 is 0. The van der Waals surface area contributed by atoms with Gasteiger partial charge in [0.15, 0.2) is 9.84 Å². The van der Waals surface area contributed by atoms with Crippen molar-refractivity contribution in [2.75, 3.05) is 16.2 Å². The van der Waals surface area contributed by atoms with E-state index in [0.717, 1.165) is 12.1 Å². The minimum absolute atomic E-state index is 0.0589. The van der Waals surface area contributed by atoms with Crippen LogP contribution in [-0.4, -0.2) is 33.6 Å². The van der Waals surface area contributed by atoms with Crippen molar-refractivity contribution in [1.29, 1.82) is 0 Å². The molecule has 0 radical (unpaired) electrons. The highest BCUT2D eigenvalue weighted by Crippen LogP contribution is 2.31. The Hall–Kier alpha value is -1.29. The number of alkyl halides is 3. The van der Waals surface area contributed by atoms with Crippen LogP contribution < -0.4 is 4.72 Å². The van der Waals surface area contributed by atoms with Crippen molar-refractivity contribution in [2.45, 2.75) is 17.8 Å². The molecule has 1 aromatic carbocycles. The summed E-state index contributed by atoms with van der Waals surface area (Å²) < 4.78 is 86.2. The first-order chi connectivity index (χ1) is 9.50. The number of anilines is 1. The van der Waals surface area contributed by atoms with Crippen LogP contribution in [0.4, 0.5) is 18.9 Å². The SMILES string of the molecule is O=S1(=O)CC[C@H](S(=O)(=O)Nc2cccc(C(F)(F)F)c2)C1. The molecule has 5 nitrogen and oxygen atoms in total. The number of nitrogens with one attached hydrogen (secondary N) is 1. The predicted molar refractivity (Wildman–Crippen MR) is 71.0 cm³/mol. The van der Waals surface area contributed by atoms with E-state index < -0.39 is 42.6 Å². The number of benzene rings is 1. The van der Waals surface area contributed by atoms with Crippen molar-refractivity contribution < 1.29 is 30.0 Å². The average Bonchev–Trinajstić information content (AvgIpc) is 2.69. The topological polar surface area (TPSA) is 80.3 Å². The van der Waals surface area contributed by atoms with Crippen molar-refractivity contribution in [3.63, 3.8) is 0 Å². The van der Waals surface area contributed by atoms with Crippen LogP contribution in [0.5, 0.6) is 0 Å². The Balaban J connectivity index is 2.22. The van der Waals surface area contributed by atoms with Gasteiger partial charge < -0.3 is 0 Å². The molecule has 1 aliphatic rings. The van der Waals surface area contributed by atoms with Gasteiger partial charge in [0.25, 0.3) is 0 Å². The second kappa shape index (κ2) is 5.16. The van der Waals surface area contributed by atoms with Crippen molar-refractivity contribution in [3.8, 4) is 0 Å². The molecule has 2 rings (SSSR count). The summed E-state index contributed by atoms with van der Waals surface area (Å²) in [5, 5.41) is -1.14. The summed E-state index contributed by atoms with van der Waals surface area (Å²) in [7, 11) is -7.44. The third-order valence-corrected chi connectivity index (χ3v) is 6.86. The molecule has 1 atom stereocenters. The standard InChI is InChI=1S/C11H12F3NO4S2/c12-11(13,14)8-2-1-3-9(6-8)15-21(18,19)10-4-5-20(16,17)7-10/h1-3,6,10,15H,4-5,7H2/t10-/m0/s1. The zero-order chi connectivity index (χ0) is 15.9. The first-order valence-corrected chi connectivity index (χ1v) is 9.26. The molecule has 0 saturated carbocycles. The van der Waals surface area contributed by atoms with Crippen molar-refractivity contribution in [3.05, 3.63) is 29.8 Å². The molecule has 0 spiro atoms. The maximum Gasteiger partial charge on any atom is 0.416 e. The van der Waals surface area contributed by atoms with Gasteiger partial charge in [0.1, 0.15) is 0 Å². The van der Waals surface area contributed by atoms with Crippen molar-refractivity contribution >= 4 is 25.5 Å². The van der Waals surface area contributed by atoms with Gasteiger partial charge in [-0.05, 0) is 24.6 Å². The van der Waals surface area contributed by atoms with Crippen molar-refractivity contribution in [2.24, 2.45) is 0 Å². The molecule has 118 valence electrons. The van der Waals surface area contributed by atoms with Gasteiger partial charge in [0, 0.05) is 5.69 Å². The molecule has 1 N–H and O–H groups in total. The van der Waals surface area contributed by atoms with E-state index in [0.29, 0.717) is 6.07 Å². The Morgan fingerprint density at radius 3 is 2.43 bits per heavy atom. The third kappa shape index (κ3) is 3.88. The Morgan fingerprint density at radius 2 is 1.90 bits per heavy atom. The number of hydrogen-bond donors (Lipinski definition) is 1. The van der Waals surface area contributed by atoms with E-state index in [4.69, 9.17) is 0 Å². The summed E-state index contributed by atoms with van der Waals surface area (Å²) in [6.07, 6.45) is -4.64. The van der Waals surface area contributed by atoms with E-state index >= 15 is 0 Å². The van der Waals surface area contributed by atoms with Gasteiger partial charge in [-0.2, -0.15) is 13.2 Å². The maximum atomic E-state index is 12.5. The fraction of sp³-hybridized carbons (Fsp3) is 0.455. The Morgan fingerprint density at radius 1 is 1.24 bits per heavy atom. The molecule has 1 aromatic rings. The molecule has 0 bridgehead atoms. The van der Waals surface area contributed by atoms with Gasteiger partial charge in [0.2, 0.25) is 10.0 Å². The van der Waals surface area contributed by atoms with E-state index in [1.165, 1.54) is 6.07 Å². The number of sulfone groups is 1. The average molecular weight is 343 g/mol. The quantitative estimate of drug-likeness (QED) is 0.905. The lowest BCUT2D eigenvalue weighted by molar-refractivity contribution is -0.137. The molecular formula is C11H12F3NO4S2. The predicted octanol–water partition coefficient (Wildman–Crippen LogP) is 1.63. The molecule has 0 aromatic heterocycles. The molecule has 10 heteroatoms. The minimum atomic E-state index is -4.59. The summed E-state index contributed by atoms with van der Waals surface area (Å²) in [5.41, 5.74) is -1.23. The minimum Gasteiger partial charge on any atom is -0.283 e. The monoisotopic (exact) mass is 343 g/mol. The second-order valence-corrected chi connectivity index (χ2v) is 8.94. The Labute approximate surface area is 120 Å². The van der Waals surface area contributed by atoms with Crippen LogP contribution in [0.1, 0.15) is 12.0 Å². The first kappa shape index (κ1) is 16.1. The fourth-order valence-electron chi connectivity index (χ4n) is 2.01. The maximum absolute atomic E-state index is 12.5. The van der Waals surface area contributed by atoms with E-state index in [1.807, 2.05) is 4.72 Å². The fourth-order valence-corrected chi connectivity index (χ4v) is 6.09. The van der Waals surface area contributed by atoms with Crippen LogP contribution in [0.3, 0.4) is 0 Å². The highest BCUT2D eigenvalue weighted by molar-refractivity contribution is 7.97. The molecular weight excluding hydrogens is 331 g/mol. The largest absolute Gasteiger partial charge is 0.416 e. The zero-order valence-corrected chi connectivity index (χ0v) is 12.2. The normalized spacial score (nSPS) is 22.1. The molecule has 1 heterocycles. The summed E-state index contributed by atoms with van der Waals surface area (Å²) in [6.45, 7) is 0. The van der Waals surface area contributed by atoms with Crippen molar-refractivity contribution in [1.82, 2.24) is 0 Å². The molecule has 0 amide bonds. The Bertz CT molecular complexity index is 741. The lowest BCUT2D eigenvalue weighted by atomic mass is 10.2. The zero-order valence-electron chi connectivity index (χ0n) is 10.6. The van der Waals surface area contributed by atoms with Gasteiger partial charge in [-0.1, -0.05) is 6.07 Å². The van der Waals surface area contributed by atoms with Crippen LogP contribution in [0.25, 0.3) is 0 Å². The van der Waals surface area contributed by atoms with Gasteiger partial charge in [-0.15, -0.1) is 0 Å². The number of hydrogen-bond acceptors (Lipinski definition) is 4. The summed E-state index contributed by atoms with van der Waals surface area (Å²) in [6, 6.07) is 3.74. The molecule has 1 aliphatic heterocycles. The summed E-state index contributed by atoms with van der Waals surface area (Å²) in [5.74, 6) is -0.748. The first-order valence-electron chi connectivity index (χ1n) is 5.89. The lowest BCUT2D eigenvalue weighted by Crippen LogP contribution is -2.28. The number of sulfonamides is 1. The molecule has 1 saturated heterocycles. The van der Waals surface area contributed by atoms with Gasteiger partial charge in [-0.3, -0.25) is 4.72 Å². The molecule has 21 heavy (non-hydrogen) atoms. The highest BCUT2D eigenvalue weighted by Gasteiger charge is 2.37. The number of rotatable bonds is 3. The summed E-state index contributed by atoms with van der Waals surface area (Å²) in [4.78, 5) is 0. The van der Waals surface area contributed by atoms with E-state index in [9.17, 15) is 30.0 Å². The second-order valence-electron chi connectivity index (χ2n) is 4.75. The lowest BCUT2D eigenvalue weighted by Gasteiger charge is -2.14. The van der Waals surface area contributed by atoms with Crippen LogP contribution in [0.2, 0.25) is 0 Å². The van der Waals surface area contributed by atoms with E-state index in [1.54, 1.807) is 0 Å².